The van der Waals surface area contributed by atoms with Crippen LogP contribution in [0.15, 0.2) is 11.9 Å². The fourth-order valence-corrected chi connectivity index (χ4v) is 4.81. The Balaban J connectivity index is 4.69. The first kappa shape index (κ1) is 12.2. The van der Waals surface area contributed by atoms with Crippen molar-refractivity contribution in [3.63, 3.8) is 0 Å². The highest BCUT2D eigenvalue weighted by molar-refractivity contribution is 7.63. The van der Waals surface area contributed by atoms with Crippen LogP contribution in [0.3, 0.4) is 0 Å². The van der Waals surface area contributed by atoms with E-state index in [1.165, 1.54) is 0 Å². The molecule has 0 aliphatic heterocycles. The van der Waals surface area contributed by atoms with Gasteiger partial charge in [-0.25, -0.2) is 0 Å². The normalized spacial score (nSPS) is 14.7. The van der Waals surface area contributed by atoms with Crippen molar-refractivity contribution in [2.75, 3.05) is 0 Å². The van der Waals surface area contributed by atoms with Crippen LogP contribution in [-0.4, -0.2) is 10.3 Å². The van der Waals surface area contributed by atoms with Gasteiger partial charge in [-0.1, -0.05) is 61.4 Å². The quantitative estimate of drug-likeness (QED) is 0.525. The molecule has 0 rings (SSSR count). The van der Waals surface area contributed by atoms with Gasteiger partial charge in [0.25, 0.3) is 0 Å². The molecule has 12 heavy (non-hydrogen) atoms. The zero-order valence-electron chi connectivity index (χ0n) is 9.60. The number of allylic oxidation sites excluding steroid dienone is 1. The summed E-state index contributed by atoms with van der Waals surface area (Å²) in [6.45, 7) is 16.1. The van der Waals surface area contributed by atoms with Gasteiger partial charge in [-0.3, -0.25) is 0 Å². The summed E-state index contributed by atoms with van der Waals surface area (Å²) in [6.07, 6.45) is 2.20. The van der Waals surface area contributed by atoms with Gasteiger partial charge in [-0.05, 0) is 17.2 Å². The molecule has 72 valence electrons. The van der Waals surface area contributed by atoms with E-state index in [1.54, 1.807) is 0 Å². The van der Waals surface area contributed by atoms with Crippen LogP contribution in [0.25, 0.3) is 0 Å². The molecule has 0 aromatic heterocycles. The molecule has 0 nitrogen and oxygen atoms in total. The molecule has 0 amide bonds. The Labute approximate surface area is 79.2 Å². The van der Waals surface area contributed by atoms with Gasteiger partial charge in [0.2, 0.25) is 0 Å². The molecule has 0 aliphatic carbocycles. The van der Waals surface area contributed by atoms with E-state index in [4.69, 9.17) is 0 Å². The van der Waals surface area contributed by atoms with Crippen LogP contribution in [0.2, 0.25) is 0 Å². The molecule has 0 atom stereocenters. The van der Waals surface area contributed by atoms with E-state index in [0.717, 1.165) is 0 Å². The highest BCUT2D eigenvalue weighted by atomic mass is 31.1. The second kappa shape index (κ2) is 3.92. The number of hydrogen-bond acceptors (Lipinski definition) is 0. The lowest BCUT2D eigenvalue weighted by Crippen LogP contribution is -2.23. The molecule has 0 aromatic rings. The second-order valence-corrected chi connectivity index (χ2v) is 8.92. The summed E-state index contributed by atoms with van der Waals surface area (Å²) in [5, 5.41) is 0.861. The van der Waals surface area contributed by atoms with Crippen LogP contribution >= 0.6 is 7.92 Å². The van der Waals surface area contributed by atoms with Gasteiger partial charge >= 0.3 is 0 Å². The Kier molecular flexibility index (Phi) is 3.97. The largest absolute Gasteiger partial charge is 0.0871 e. The van der Waals surface area contributed by atoms with E-state index < -0.39 is 0 Å². The van der Waals surface area contributed by atoms with Gasteiger partial charge < -0.3 is 0 Å². The van der Waals surface area contributed by atoms with Crippen molar-refractivity contribution in [2.24, 2.45) is 0 Å². The number of rotatable bonds is 1. The lowest BCUT2D eigenvalue weighted by Gasteiger charge is -2.39. The fraction of sp³-hybridized carbons (Fsp3) is 0.818. The van der Waals surface area contributed by atoms with Crippen molar-refractivity contribution < 1.29 is 0 Å². The van der Waals surface area contributed by atoms with Gasteiger partial charge in [-0.2, -0.15) is 0 Å². The Morgan fingerprint density at radius 1 is 0.833 bits per heavy atom. The Morgan fingerprint density at radius 3 is 1.25 bits per heavy atom. The van der Waals surface area contributed by atoms with Gasteiger partial charge in [0.1, 0.15) is 0 Å². The fourth-order valence-electron chi connectivity index (χ4n) is 1.60. The highest BCUT2D eigenvalue weighted by Crippen LogP contribution is 2.60. The maximum atomic E-state index is 2.40. The topological polar surface area (TPSA) is 0 Å². The third-order valence-electron chi connectivity index (χ3n) is 1.74. The van der Waals surface area contributed by atoms with E-state index in [2.05, 4.69) is 60.4 Å². The van der Waals surface area contributed by atoms with Crippen molar-refractivity contribution in [3.8, 4) is 0 Å². The minimum absolute atomic E-state index is 0.0234. The molecule has 0 fully saturated rings. The molecular weight excluding hydrogens is 163 g/mol. The minimum atomic E-state index is -0.0234. The molecule has 0 heterocycles. The highest BCUT2D eigenvalue weighted by Gasteiger charge is 2.31. The first-order valence-electron chi connectivity index (χ1n) is 4.62. The molecule has 0 bridgehead atoms. The zero-order chi connectivity index (χ0) is 9.99. The first-order valence-corrected chi connectivity index (χ1v) is 6.03. The zero-order valence-corrected chi connectivity index (χ0v) is 10.5. The Bertz CT molecular complexity index is 141. The van der Waals surface area contributed by atoms with Crippen LogP contribution in [0.1, 0.15) is 48.5 Å². The summed E-state index contributed by atoms with van der Waals surface area (Å²) in [6, 6.07) is 0. The third kappa shape index (κ3) is 3.72. The molecule has 0 saturated carbocycles. The van der Waals surface area contributed by atoms with Crippen LogP contribution in [0.4, 0.5) is 0 Å². The van der Waals surface area contributed by atoms with E-state index >= 15 is 0 Å². The molecule has 0 spiro atoms. The average Bonchev–Trinajstić information content (AvgIpc) is 1.77. The van der Waals surface area contributed by atoms with Gasteiger partial charge in [-0.15, -0.1) is 0 Å². The standard InChI is InChI=1S/C11H23P/c1-8-9-12(10(2,3)4)11(5,6)7/h8-9H,1-7H3. The summed E-state index contributed by atoms with van der Waals surface area (Å²) >= 11 is 0. The molecule has 0 aromatic carbocycles. The minimum Gasteiger partial charge on any atom is -0.0871 e. The van der Waals surface area contributed by atoms with E-state index in [-0.39, 0.29) is 7.92 Å². The molecule has 1 heteroatoms. The smallest absolute Gasteiger partial charge is 0.0140 e. The Morgan fingerprint density at radius 2 is 1.17 bits per heavy atom. The van der Waals surface area contributed by atoms with E-state index in [0.29, 0.717) is 10.3 Å². The second-order valence-electron chi connectivity index (χ2n) is 5.19. The monoisotopic (exact) mass is 186 g/mol. The van der Waals surface area contributed by atoms with Gasteiger partial charge in [0.05, 0.1) is 0 Å². The molecule has 0 unspecified atom stereocenters. The van der Waals surface area contributed by atoms with Crippen molar-refractivity contribution in [1.29, 1.82) is 0 Å². The van der Waals surface area contributed by atoms with Crippen LogP contribution in [-0.2, 0) is 0 Å². The molecule has 0 N–H and O–H groups in total. The maximum Gasteiger partial charge on any atom is -0.0140 e. The maximum absolute atomic E-state index is 2.40. The summed E-state index contributed by atoms with van der Waals surface area (Å²) < 4.78 is 0. The third-order valence-corrected chi connectivity index (χ3v) is 5.23. The first-order chi connectivity index (χ1) is 5.19. The van der Waals surface area contributed by atoms with Crippen LogP contribution in [0.5, 0.6) is 0 Å². The summed E-state index contributed by atoms with van der Waals surface area (Å²) in [5.41, 5.74) is 0. The van der Waals surface area contributed by atoms with Crippen molar-refractivity contribution in [2.45, 2.75) is 58.8 Å². The molecule has 0 saturated heterocycles. The molecular formula is C11H23P. The van der Waals surface area contributed by atoms with Gasteiger partial charge in [0, 0.05) is 0 Å². The van der Waals surface area contributed by atoms with Crippen molar-refractivity contribution >= 4 is 7.92 Å². The lowest BCUT2D eigenvalue weighted by molar-refractivity contribution is 0.714. The van der Waals surface area contributed by atoms with Crippen LogP contribution in [0, 0.1) is 0 Å². The van der Waals surface area contributed by atoms with Crippen LogP contribution < -0.4 is 0 Å². The molecule has 0 aliphatic rings. The van der Waals surface area contributed by atoms with Crippen molar-refractivity contribution in [1.82, 2.24) is 0 Å². The van der Waals surface area contributed by atoms with Crippen molar-refractivity contribution in [3.05, 3.63) is 11.9 Å². The van der Waals surface area contributed by atoms with E-state index in [1.807, 2.05) is 0 Å². The summed E-state index contributed by atoms with van der Waals surface area (Å²) in [5.74, 6) is 2.40. The Hall–Kier alpha value is 0.170. The predicted octanol–water partition coefficient (Wildman–Crippen LogP) is 4.60. The number of hydrogen-bond donors (Lipinski definition) is 0. The summed E-state index contributed by atoms with van der Waals surface area (Å²) in [4.78, 5) is 0. The SMILES string of the molecule is CC=CP(C(C)(C)C)C(C)(C)C. The summed E-state index contributed by atoms with van der Waals surface area (Å²) in [7, 11) is -0.0234. The van der Waals surface area contributed by atoms with E-state index in [9.17, 15) is 0 Å². The molecule has 0 radical (unpaired) electrons. The average molecular weight is 186 g/mol. The lowest BCUT2D eigenvalue weighted by atomic mass is 10.2. The van der Waals surface area contributed by atoms with Gasteiger partial charge in [0.15, 0.2) is 0 Å². The predicted molar refractivity (Wildman–Crippen MR) is 61.2 cm³/mol.